The first kappa shape index (κ1) is 27.4. The first-order chi connectivity index (χ1) is 18.6. The van der Waals surface area contributed by atoms with Gasteiger partial charge in [-0.2, -0.15) is 9.97 Å². The molecule has 210 valence electrons. The molecule has 2 aliphatic rings. The number of nitrogens with zero attached hydrogens (tertiary/aromatic N) is 7. The zero-order valence-electron chi connectivity index (χ0n) is 23.5. The van der Waals surface area contributed by atoms with Crippen molar-refractivity contribution in [1.82, 2.24) is 19.9 Å². The Morgan fingerprint density at radius 3 is 1.85 bits per heavy atom. The maximum atomic E-state index is 10.7. The van der Waals surface area contributed by atoms with Gasteiger partial charge in [0.15, 0.2) is 22.8 Å². The van der Waals surface area contributed by atoms with Crippen LogP contribution in [0.3, 0.4) is 0 Å². The number of hydrogen-bond acceptors (Lipinski definition) is 11. The Morgan fingerprint density at radius 2 is 1.31 bits per heavy atom. The summed E-state index contributed by atoms with van der Waals surface area (Å²) >= 11 is 0. The Kier molecular flexibility index (Phi) is 7.86. The van der Waals surface area contributed by atoms with Gasteiger partial charge in [0.25, 0.3) is 0 Å². The number of anilines is 3. The number of benzene rings is 1. The van der Waals surface area contributed by atoms with E-state index >= 15 is 0 Å². The number of hydrogen-bond donors (Lipinski definition) is 2. The Balaban J connectivity index is 1.76. The second kappa shape index (κ2) is 11.2. The molecule has 39 heavy (non-hydrogen) atoms. The van der Waals surface area contributed by atoms with Crippen molar-refractivity contribution >= 4 is 28.7 Å². The molecule has 0 aliphatic carbocycles. The minimum absolute atomic E-state index is 0.000409. The van der Waals surface area contributed by atoms with E-state index in [-0.39, 0.29) is 24.4 Å². The van der Waals surface area contributed by atoms with Crippen LogP contribution in [0, 0.1) is 0 Å². The molecule has 2 saturated heterocycles. The van der Waals surface area contributed by atoms with Crippen LogP contribution in [0.15, 0.2) is 30.3 Å². The molecule has 6 unspecified atom stereocenters. The lowest BCUT2D eigenvalue weighted by Crippen LogP contribution is -2.47. The Morgan fingerprint density at radius 1 is 0.769 bits per heavy atom. The largest absolute Gasteiger partial charge is 0.374 e. The van der Waals surface area contributed by atoms with E-state index in [0.29, 0.717) is 54.8 Å². The maximum absolute atomic E-state index is 10.7. The van der Waals surface area contributed by atoms with Gasteiger partial charge in [0.05, 0.1) is 24.4 Å². The van der Waals surface area contributed by atoms with Gasteiger partial charge < -0.3 is 34.4 Å². The molecule has 0 bridgehead atoms. The van der Waals surface area contributed by atoms with Crippen LogP contribution in [-0.2, 0) is 9.47 Å². The number of rotatable bonds is 6. The van der Waals surface area contributed by atoms with E-state index < -0.39 is 12.5 Å². The summed E-state index contributed by atoms with van der Waals surface area (Å²) < 4.78 is 11.9. The highest BCUT2D eigenvalue weighted by Gasteiger charge is 2.31. The molecule has 2 fully saturated rings. The first-order valence-electron chi connectivity index (χ1n) is 13.7. The number of aromatic nitrogens is 4. The van der Waals surface area contributed by atoms with Crippen molar-refractivity contribution < 1.29 is 19.7 Å². The van der Waals surface area contributed by atoms with Crippen molar-refractivity contribution in [2.45, 2.75) is 78.4 Å². The van der Waals surface area contributed by atoms with Crippen molar-refractivity contribution in [3.63, 3.8) is 0 Å². The second-order valence-corrected chi connectivity index (χ2v) is 10.8. The number of ether oxygens (including phenoxy) is 2. The van der Waals surface area contributed by atoms with Crippen LogP contribution in [-0.4, -0.2) is 93.2 Å². The second-order valence-electron chi connectivity index (χ2n) is 10.8. The third-order valence-corrected chi connectivity index (χ3v) is 7.00. The Labute approximate surface area is 229 Å². The highest BCUT2D eigenvalue weighted by Crippen LogP contribution is 2.35. The molecule has 6 atom stereocenters. The van der Waals surface area contributed by atoms with E-state index in [1.807, 2.05) is 44.2 Å². The molecular formula is C28H39N7O4. The fourth-order valence-electron chi connectivity index (χ4n) is 5.60. The molecule has 11 heteroatoms. The van der Waals surface area contributed by atoms with Gasteiger partial charge in [-0.15, -0.1) is 0 Å². The van der Waals surface area contributed by atoms with Crippen molar-refractivity contribution in [2.24, 2.45) is 0 Å². The predicted octanol–water partition coefficient (Wildman–Crippen LogP) is 2.80. The summed E-state index contributed by atoms with van der Waals surface area (Å²) in [5, 5.41) is 21.4. The van der Waals surface area contributed by atoms with E-state index in [2.05, 4.69) is 23.6 Å². The van der Waals surface area contributed by atoms with Crippen molar-refractivity contribution in [3.05, 3.63) is 30.3 Å². The van der Waals surface area contributed by atoms with Gasteiger partial charge in [-0.25, -0.2) is 9.97 Å². The van der Waals surface area contributed by atoms with Crippen molar-refractivity contribution in [3.8, 4) is 11.3 Å². The lowest BCUT2D eigenvalue weighted by Gasteiger charge is -2.37. The third-order valence-electron chi connectivity index (χ3n) is 7.00. The zero-order chi connectivity index (χ0) is 27.8. The lowest BCUT2D eigenvalue weighted by molar-refractivity contribution is -0.00581. The summed E-state index contributed by atoms with van der Waals surface area (Å²) in [6.07, 6.45) is -1.99. The van der Waals surface area contributed by atoms with Crippen LogP contribution in [0.25, 0.3) is 22.4 Å². The quantitative estimate of drug-likeness (QED) is 0.452. The molecule has 4 heterocycles. The average Bonchev–Trinajstić information content (AvgIpc) is 2.87. The SMILES string of the molecule is CC1CN(c2nc(N(C(C)O)C(C)O)c3nc(-c4ccccc4)c(N4CC(C)OC(C)C4)nc3n2)CC(C)O1. The fraction of sp³-hybridized carbons (Fsp3) is 0.571. The highest BCUT2D eigenvalue weighted by atomic mass is 16.5. The summed E-state index contributed by atoms with van der Waals surface area (Å²) in [4.78, 5) is 25.7. The standard InChI is InChI=1S/C28H39N7O4/c1-16-12-33(13-17(2)38-16)26-23(22-10-8-7-9-11-22)29-24-25(30-26)31-28(34-14-18(3)39-19(4)15-34)32-27(24)35(20(5)36)21(6)37/h7-11,16-21,36-37H,12-15H2,1-6H3. The summed E-state index contributed by atoms with van der Waals surface area (Å²) in [5.41, 5.74) is 2.40. The molecule has 0 spiro atoms. The molecule has 2 aliphatic heterocycles. The summed E-state index contributed by atoms with van der Waals surface area (Å²) in [5.74, 6) is 1.50. The summed E-state index contributed by atoms with van der Waals surface area (Å²) in [6.45, 7) is 13.9. The molecular weight excluding hydrogens is 498 g/mol. The van der Waals surface area contributed by atoms with Gasteiger partial charge in [0.1, 0.15) is 18.1 Å². The minimum atomic E-state index is -1.03. The van der Waals surface area contributed by atoms with Crippen molar-refractivity contribution in [1.29, 1.82) is 0 Å². The third kappa shape index (κ3) is 5.76. The highest BCUT2D eigenvalue weighted by molar-refractivity contribution is 5.89. The molecule has 1 aromatic carbocycles. The van der Waals surface area contributed by atoms with Gasteiger partial charge in [0, 0.05) is 31.7 Å². The van der Waals surface area contributed by atoms with E-state index in [1.165, 1.54) is 4.90 Å². The molecule has 2 N–H and O–H groups in total. The van der Waals surface area contributed by atoms with E-state index in [1.54, 1.807) is 13.8 Å². The monoisotopic (exact) mass is 537 g/mol. The molecule has 0 saturated carbocycles. The normalized spacial score (nSPS) is 25.5. The Hall–Kier alpha value is -3.12. The van der Waals surface area contributed by atoms with Crippen molar-refractivity contribution in [2.75, 3.05) is 40.9 Å². The molecule has 11 nitrogen and oxygen atoms in total. The van der Waals surface area contributed by atoms with Gasteiger partial charge in [-0.05, 0) is 41.5 Å². The molecule has 0 amide bonds. The number of morpholine rings is 2. The molecule has 2 aromatic heterocycles. The van der Waals surface area contributed by atoms with Crippen LogP contribution in [0.5, 0.6) is 0 Å². The van der Waals surface area contributed by atoms with Gasteiger partial charge in [0.2, 0.25) is 5.95 Å². The summed E-state index contributed by atoms with van der Waals surface area (Å²) in [7, 11) is 0. The van der Waals surface area contributed by atoms with Gasteiger partial charge in [-0.1, -0.05) is 30.3 Å². The van der Waals surface area contributed by atoms with Crippen LogP contribution in [0.1, 0.15) is 41.5 Å². The first-order valence-corrected chi connectivity index (χ1v) is 13.7. The molecule has 3 aromatic rings. The number of aliphatic hydroxyl groups excluding tert-OH is 2. The fourth-order valence-corrected chi connectivity index (χ4v) is 5.60. The lowest BCUT2D eigenvalue weighted by atomic mass is 10.1. The average molecular weight is 538 g/mol. The van der Waals surface area contributed by atoms with Crippen LogP contribution >= 0.6 is 0 Å². The topological polar surface area (TPSA) is 120 Å². The summed E-state index contributed by atoms with van der Waals surface area (Å²) in [6, 6.07) is 9.89. The number of aliphatic hydroxyl groups is 2. The van der Waals surface area contributed by atoms with Crippen LogP contribution < -0.4 is 14.7 Å². The Bertz CT molecular complexity index is 1260. The minimum Gasteiger partial charge on any atom is -0.374 e. The van der Waals surface area contributed by atoms with Crippen LogP contribution in [0.2, 0.25) is 0 Å². The smallest absolute Gasteiger partial charge is 0.229 e. The van der Waals surface area contributed by atoms with Gasteiger partial charge in [-0.3, -0.25) is 0 Å². The zero-order valence-corrected chi connectivity index (χ0v) is 23.5. The van der Waals surface area contributed by atoms with Gasteiger partial charge >= 0.3 is 0 Å². The van der Waals surface area contributed by atoms with E-state index in [9.17, 15) is 10.2 Å². The van der Waals surface area contributed by atoms with E-state index in [0.717, 1.165) is 11.4 Å². The predicted molar refractivity (Wildman–Crippen MR) is 151 cm³/mol. The van der Waals surface area contributed by atoms with E-state index in [4.69, 9.17) is 29.4 Å². The molecule has 5 rings (SSSR count). The van der Waals surface area contributed by atoms with Crippen LogP contribution in [0.4, 0.5) is 17.6 Å². The number of fused-ring (bicyclic) bond motifs is 1. The maximum Gasteiger partial charge on any atom is 0.229 e. The molecule has 0 radical (unpaired) electrons.